The van der Waals surface area contributed by atoms with Crippen molar-refractivity contribution in [2.24, 2.45) is 17.8 Å². The number of rotatable bonds is 2. The Hall–Kier alpha value is -1.06. The SMILES string of the molecule is O=C(O)C1CCN1C(=O)C1C2CCCC21. The second kappa shape index (κ2) is 2.97. The Morgan fingerprint density at radius 1 is 1.13 bits per heavy atom. The summed E-state index contributed by atoms with van der Waals surface area (Å²) in [7, 11) is 0. The van der Waals surface area contributed by atoms with E-state index in [2.05, 4.69) is 0 Å². The highest BCUT2D eigenvalue weighted by Crippen LogP contribution is 2.58. The summed E-state index contributed by atoms with van der Waals surface area (Å²) in [6, 6.07) is -0.529. The Morgan fingerprint density at radius 2 is 1.80 bits per heavy atom. The van der Waals surface area contributed by atoms with E-state index in [1.165, 1.54) is 19.3 Å². The van der Waals surface area contributed by atoms with Gasteiger partial charge in [0.2, 0.25) is 5.91 Å². The van der Waals surface area contributed by atoms with Crippen LogP contribution < -0.4 is 0 Å². The molecule has 0 spiro atoms. The van der Waals surface area contributed by atoms with Crippen molar-refractivity contribution in [3.8, 4) is 0 Å². The molecule has 15 heavy (non-hydrogen) atoms. The summed E-state index contributed by atoms with van der Waals surface area (Å²) in [5.74, 6) is 0.629. The standard InChI is InChI=1S/C11H15NO3/c13-10(9-6-2-1-3-7(6)9)12-5-4-8(12)11(14)15/h6-9H,1-5H2,(H,14,15). The van der Waals surface area contributed by atoms with Crippen molar-refractivity contribution < 1.29 is 14.7 Å². The summed E-state index contributed by atoms with van der Waals surface area (Å²) in [5, 5.41) is 8.86. The van der Waals surface area contributed by atoms with Crippen molar-refractivity contribution in [1.29, 1.82) is 0 Å². The Bertz CT molecular complexity index is 318. The lowest BCUT2D eigenvalue weighted by atomic mass is 10.0. The lowest BCUT2D eigenvalue weighted by Gasteiger charge is -2.38. The zero-order valence-electron chi connectivity index (χ0n) is 8.56. The van der Waals surface area contributed by atoms with Crippen LogP contribution >= 0.6 is 0 Å². The van der Waals surface area contributed by atoms with Crippen LogP contribution in [0.25, 0.3) is 0 Å². The van der Waals surface area contributed by atoms with Crippen molar-refractivity contribution in [3.63, 3.8) is 0 Å². The van der Waals surface area contributed by atoms with Gasteiger partial charge in [0.1, 0.15) is 6.04 Å². The van der Waals surface area contributed by atoms with Crippen LogP contribution in [0.3, 0.4) is 0 Å². The fourth-order valence-electron chi connectivity index (χ4n) is 3.29. The van der Waals surface area contributed by atoms with Gasteiger partial charge in [-0.2, -0.15) is 0 Å². The van der Waals surface area contributed by atoms with Crippen LogP contribution in [-0.4, -0.2) is 34.5 Å². The maximum absolute atomic E-state index is 12.0. The average molecular weight is 209 g/mol. The third kappa shape index (κ3) is 1.20. The third-order valence-electron chi connectivity index (χ3n) is 4.28. The Morgan fingerprint density at radius 3 is 2.27 bits per heavy atom. The molecule has 2 saturated carbocycles. The number of carboxylic acid groups (broad SMARTS) is 1. The molecule has 3 atom stereocenters. The highest BCUT2D eigenvalue weighted by molar-refractivity contribution is 5.88. The first-order valence-corrected chi connectivity index (χ1v) is 5.73. The Kier molecular flexibility index (Phi) is 1.82. The summed E-state index contributed by atoms with van der Waals surface area (Å²) < 4.78 is 0. The number of hydrogen-bond acceptors (Lipinski definition) is 2. The zero-order chi connectivity index (χ0) is 10.6. The normalized spacial score (nSPS) is 42.0. The van der Waals surface area contributed by atoms with Crippen molar-refractivity contribution >= 4 is 11.9 Å². The van der Waals surface area contributed by atoms with Crippen LogP contribution in [0, 0.1) is 17.8 Å². The topological polar surface area (TPSA) is 57.6 Å². The average Bonchev–Trinajstić information content (AvgIpc) is 2.58. The smallest absolute Gasteiger partial charge is 0.326 e. The second-order valence-electron chi connectivity index (χ2n) is 4.96. The van der Waals surface area contributed by atoms with Crippen LogP contribution in [0.15, 0.2) is 0 Å². The molecular weight excluding hydrogens is 194 g/mol. The number of carbonyl (C=O) groups excluding carboxylic acids is 1. The molecule has 3 rings (SSSR count). The lowest BCUT2D eigenvalue weighted by Crippen LogP contribution is -2.55. The molecule has 0 aromatic carbocycles. The minimum Gasteiger partial charge on any atom is -0.480 e. The predicted octanol–water partition coefficient (Wildman–Crippen LogP) is 0.718. The molecule has 0 aromatic heterocycles. The van der Waals surface area contributed by atoms with Gasteiger partial charge in [0.05, 0.1) is 0 Å². The maximum atomic E-state index is 12.0. The molecule has 4 heteroatoms. The molecular formula is C11H15NO3. The molecule has 3 fully saturated rings. The number of fused-ring (bicyclic) bond motifs is 1. The second-order valence-corrected chi connectivity index (χ2v) is 4.96. The third-order valence-corrected chi connectivity index (χ3v) is 4.28. The highest BCUT2D eigenvalue weighted by Gasteiger charge is 2.59. The molecule has 3 unspecified atom stereocenters. The maximum Gasteiger partial charge on any atom is 0.326 e. The Labute approximate surface area is 88.2 Å². The van der Waals surface area contributed by atoms with E-state index in [1.54, 1.807) is 4.90 Å². The summed E-state index contributed by atoms with van der Waals surface area (Å²) in [4.78, 5) is 24.3. The number of likely N-dealkylation sites (tertiary alicyclic amines) is 1. The molecule has 3 aliphatic rings. The van der Waals surface area contributed by atoms with E-state index in [9.17, 15) is 9.59 Å². The van der Waals surface area contributed by atoms with Gasteiger partial charge in [-0.25, -0.2) is 4.79 Å². The number of carboxylic acids is 1. The van der Waals surface area contributed by atoms with Gasteiger partial charge in [0, 0.05) is 12.5 Å². The molecule has 0 aromatic rings. The van der Waals surface area contributed by atoms with Gasteiger partial charge < -0.3 is 10.0 Å². The number of carbonyl (C=O) groups is 2. The molecule has 2 aliphatic carbocycles. The fourth-order valence-corrected chi connectivity index (χ4v) is 3.29. The molecule has 1 aliphatic heterocycles. The number of amides is 1. The molecule has 0 bridgehead atoms. The lowest BCUT2D eigenvalue weighted by molar-refractivity contribution is -0.158. The van der Waals surface area contributed by atoms with Gasteiger partial charge in [-0.3, -0.25) is 4.79 Å². The largest absolute Gasteiger partial charge is 0.480 e. The van der Waals surface area contributed by atoms with Gasteiger partial charge in [-0.1, -0.05) is 6.42 Å². The van der Waals surface area contributed by atoms with Crippen LogP contribution in [0.1, 0.15) is 25.7 Å². The highest BCUT2D eigenvalue weighted by atomic mass is 16.4. The van der Waals surface area contributed by atoms with E-state index < -0.39 is 12.0 Å². The van der Waals surface area contributed by atoms with E-state index in [1.807, 2.05) is 0 Å². The monoisotopic (exact) mass is 209 g/mol. The molecule has 82 valence electrons. The number of nitrogens with zero attached hydrogens (tertiary/aromatic N) is 1. The van der Waals surface area contributed by atoms with Crippen molar-refractivity contribution in [2.45, 2.75) is 31.7 Å². The van der Waals surface area contributed by atoms with E-state index in [4.69, 9.17) is 5.11 Å². The van der Waals surface area contributed by atoms with Gasteiger partial charge in [0.25, 0.3) is 0 Å². The Balaban J connectivity index is 1.64. The minimum absolute atomic E-state index is 0.114. The van der Waals surface area contributed by atoms with Gasteiger partial charge in [-0.15, -0.1) is 0 Å². The predicted molar refractivity (Wildman–Crippen MR) is 52.1 cm³/mol. The molecule has 0 radical (unpaired) electrons. The summed E-state index contributed by atoms with van der Waals surface area (Å²) in [6.45, 7) is 0.645. The van der Waals surface area contributed by atoms with Crippen LogP contribution in [0.4, 0.5) is 0 Å². The van der Waals surface area contributed by atoms with E-state index >= 15 is 0 Å². The van der Waals surface area contributed by atoms with Crippen LogP contribution in [0.5, 0.6) is 0 Å². The first kappa shape index (κ1) is 9.19. The quantitative estimate of drug-likeness (QED) is 0.729. The summed E-state index contributed by atoms with van der Waals surface area (Å²) in [6.07, 6.45) is 4.23. The number of aliphatic carboxylic acids is 1. The fraction of sp³-hybridized carbons (Fsp3) is 0.818. The zero-order valence-corrected chi connectivity index (χ0v) is 8.56. The molecule has 4 nitrogen and oxygen atoms in total. The summed E-state index contributed by atoms with van der Waals surface area (Å²) >= 11 is 0. The molecule has 1 amide bonds. The van der Waals surface area contributed by atoms with Gasteiger partial charge >= 0.3 is 5.97 Å². The first-order chi connectivity index (χ1) is 7.20. The summed E-state index contributed by atoms with van der Waals surface area (Å²) in [5.41, 5.74) is 0. The van der Waals surface area contributed by atoms with E-state index in [0.29, 0.717) is 24.8 Å². The first-order valence-electron chi connectivity index (χ1n) is 5.73. The van der Waals surface area contributed by atoms with Gasteiger partial charge in [0.15, 0.2) is 0 Å². The van der Waals surface area contributed by atoms with Crippen LogP contribution in [-0.2, 0) is 9.59 Å². The minimum atomic E-state index is -0.847. The van der Waals surface area contributed by atoms with Crippen molar-refractivity contribution in [2.75, 3.05) is 6.54 Å². The van der Waals surface area contributed by atoms with E-state index in [-0.39, 0.29) is 11.8 Å². The molecule has 1 heterocycles. The molecule has 1 N–H and O–H groups in total. The van der Waals surface area contributed by atoms with Gasteiger partial charge in [-0.05, 0) is 31.1 Å². The van der Waals surface area contributed by atoms with E-state index in [0.717, 1.165) is 0 Å². The van der Waals surface area contributed by atoms with Crippen LogP contribution in [0.2, 0.25) is 0 Å². The number of hydrogen-bond donors (Lipinski definition) is 1. The molecule has 1 saturated heterocycles. The van der Waals surface area contributed by atoms with Crippen molar-refractivity contribution in [3.05, 3.63) is 0 Å². The van der Waals surface area contributed by atoms with Crippen molar-refractivity contribution in [1.82, 2.24) is 4.90 Å².